The van der Waals surface area contributed by atoms with Gasteiger partial charge < -0.3 is 21.8 Å². The van der Waals surface area contributed by atoms with Gasteiger partial charge >= 0.3 is 0 Å². The minimum absolute atomic E-state index is 0.0385. The summed E-state index contributed by atoms with van der Waals surface area (Å²) >= 11 is 0. The number of para-hydroxylation sites is 1. The molecule has 3 atom stereocenters. The Hall–Kier alpha value is -2.34. The largest absolute Gasteiger partial charge is 0.368 e. The van der Waals surface area contributed by atoms with Crippen molar-refractivity contribution in [1.82, 2.24) is 10.3 Å². The van der Waals surface area contributed by atoms with Crippen LogP contribution in [0.4, 0.5) is 0 Å². The van der Waals surface area contributed by atoms with Crippen LogP contribution >= 0.6 is 0 Å². The van der Waals surface area contributed by atoms with Gasteiger partial charge in [0.05, 0.1) is 6.04 Å². The molecule has 0 aliphatic heterocycles. The smallest absolute Gasteiger partial charge is 0.240 e. The van der Waals surface area contributed by atoms with E-state index in [4.69, 9.17) is 11.5 Å². The number of aromatic amines is 1. The monoisotopic (exact) mass is 316 g/mol. The quantitative estimate of drug-likeness (QED) is 0.612. The molecule has 2 aromatic rings. The Morgan fingerprint density at radius 3 is 2.65 bits per heavy atom. The highest BCUT2D eigenvalue weighted by atomic mass is 16.2. The Morgan fingerprint density at radius 1 is 1.30 bits per heavy atom. The zero-order valence-corrected chi connectivity index (χ0v) is 13.5. The first-order valence-corrected chi connectivity index (χ1v) is 7.84. The number of aromatic nitrogens is 1. The molecule has 0 radical (unpaired) electrons. The van der Waals surface area contributed by atoms with Gasteiger partial charge in [-0.1, -0.05) is 38.5 Å². The number of amides is 2. The lowest BCUT2D eigenvalue weighted by Gasteiger charge is -2.21. The Morgan fingerprint density at radius 2 is 2.00 bits per heavy atom. The van der Waals surface area contributed by atoms with Crippen LogP contribution in [0.15, 0.2) is 30.5 Å². The number of hydrogen-bond donors (Lipinski definition) is 4. The van der Waals surface area contributed by atoms with E-state index in [0.29, 0.717) is 6.42 Å². The highest BCUT2D eigenvalue weighted by Gasteiger charge is 2.25. The lowest BCUT2D eigenvalue weighted by molar-refractivity contribution is -0.128. The minimum atomic E-state index is -0.781. The van der Waals surface area contributed by atoms with E-state index in [-0.39, 0.29) is 11.8 Å². The standard InChI is InChI=1S/C17H24N4O2/c1-3-10(2)15(18)17(23)21-14(16(19)22)8-11-9-20-13-7-5-4-6-12(11)13/h4-7,9-10,14-15,20H,3,8,18H2,1-2H3,(H2,19,22)(H,21,23)/t10-,14-,15+/m0/s1. The van der Waals surface area contributed by atoms with Crippen LogP contribution in [0.25, 0.3) is 10.9 Å². The van der Waals surface area contributed by atoms with Gasteiger partial charge in [0, 0.05) is 23.5 Å². The van der Waals surface area contributed by atoms with Crippen molar-refractivity contribution in [2.45, 2.75) is 38.8 Å². The molecule has 2 rings (SSSR count). The zero-order valence-electron chi connectivity index (χ0n) is 13.5. The molecule has 0 aliphatic carbocycles. The maximum absolute atomic E-state index is 12.2. The summed E-state index contributed by atoms with van der Waals surface area (Å²) in [4.78, 5) is 27.1. The lowest BCUT2D eigenvalue weighted by Crippen LogP contribution is -2.53. The Balaban J connectivity index is 2.13. The fourth-order valence-electron chi connectivity index (χ4n) is 2.52. The third-order valence-corrected chi connectivity index (χ3v) is 4.32. The number of rotatable bonds is 7. The minimum Gasteiger partial charge on any atom is -0.368 e. The molecule has 0 saturated carbocycles. The maximum atomic E-state index is 12.2. The molecule has 0 spiro atoms. The molecule has 124 valence electrons. The summed E-state index contributed by atoms with van der Waals surface area (Å²) in [6, 6.07) is 6.35. The van der Waals surface area contributed by atoms with Crippen LogP contribution in [0.5, 0.6) is 0 Å². The van der Waals surface area contributed by atoms with E-state index in [2.05, 4.69) is 10.3 Å². The van der Waals surface area contributed by atoms with Crippen molar-refractivity contribution >= 4 is 22.7 Å². The SMILES string of the molecule is CC[C@H](C)[C@@H](N)C(=O)N[C@@H](Cc1c[nH]c2ccccc12)C(N)=O. The fraction of sp³-hybridized carbons (Fsp3) is 0.412. The van der Waals surface area contributed by atoms with Gasteiger partial charge in [-0.05, 0) is 17.5 Å². The number of benzene rings is 1. The van der Waals surface area contributed by atoms with E-state index in [1.54, 1.807) is 0 Å². The first kappa shape index (κ1) is 17.0. The van der Waals surface area contributed by atoms with Crippen LogP contribution in [0.1, 0.15) is 25.8 Å². The van der Waals surface area contributed by atoms with E-state index in [1.165, 1.54) is 0 Å². The summed E-state index contributed by atoms with van der Waals surface area (Å²) in [5.74, 6) is -0.875. The molecule has 6 heteroatoms. The zero-order chi connectivity index (χ0) is 17.0. The van der Waals surface area contributed by atoms with E-state index < -0.39 is 18.0 Å². The average molecular weight is 316 g/mol. The Kier molecular flexibility index (Phi) is 5.39. The van der Waals surface area contributed by atoms with Gasteiger partial charge in [-0.15, -0.1) is 0 Å². The van der Waals surface area contributed by atoms with E-state index in [1.807, 2.05) is 44.3 Å². The molecule has 0 bridgehead atoms. The van der Waals surface area contributed by atoms with Gasteiger partial charge in [0.25, 0.3) is 0 Å². The van der Waals surface area contributed by atoms with E-state index >= 15 is 0 Å². The third kappa shape index (κ3) is 3.90. The van der Waals surface area contributed by atoms with Crippen LogP contribution in [0.2, 0.25) is 0 Å². The molecule has 1 aromatic heterocycles. The fourth-order valence-corrected chi connectivity index (χ4v) is 2.52. The molecule has 23 heavy (non-hydrogen) atoms. The number of primary amides is 1. The maximum Gasteiger partial charge on any atom is 0.240 e. The number of nitrogens with one attached hydrogen (secondary N) is 2. The van der Waals surface area contributed by atoms with Crippen molar-refractivity contribution in [3.8, 4) is 0 Å². The number of nitrogens with two attached hydrogens (primary N) is 2. The molecule has 1 aromatic carbocycles. The van der Waals surface area contributed by atoms with Gasteiger partial charge in [-0.25, -0.2) is 0 Å². The highest BCUT2D eigenvalue weighted by Crippen LogP contribution is 2.19. The van der Waals surface area contributed by atoms with Gasteiger partial charge in [0.15, 0.2) is 0 Å². The van der Waals surface area contributed by atoms with Crippen LogP contribution < -0.4 is 16.8 Å². The predicted octanol–water partition coefficient (Wildman–Crippen LogP) is 1.05. The van der Waals surface area contributed by atoms with Gasteiger partial charge in [0.1, 0.15) is 6.04 Å². The number of carbonyl (C=O) groups is 2. The molecular weight excluding hydrogens is 292 g/mol. The second kappa shape index (κ2) is 7.28. The predicted molar refractivity (Wildman–Crippen MR) is 90.6 cm³/mol. The number of hydrogen-bond acceptors (Lipinski definition) is 3. The van der Waals surface area contributed by atoms with Crippen molar-refractivity contribution in [2.24, 2.45) is 17.4 Å². The molecule has 1 heterocycles. The first-order valence-electron chi connectivity index (χ1n) is 7.84. The van der Waals surface area contributed by atoms with Crippen molar-refractivity contribution < 1.29 is 9.59 Å². The summed E-state index contributed by atoms with van der Waals surface area (Å²) in [5.41, 5.74) is 13.3. The summed E-state index contributed by atoms with van der Waals surface area (Å²) in [5, 5.41) is 3.70. The normalized spacial score (nSPS) is 15.1. The first-order chi connectivity index (χ1) is 10.9. The van der Waals surface area contributed by atoms with E-state index in [0.717, 1.165) is 22.9 Å². The Bertz CT molecular complexity index is 695. The molecule has 0 saturated heterocycles. The molecular formula is C17H24N4O2. The van der Waals surface area contributed by atoms with Gasteiger partial charge in [-0.2, -0.15) is 0 Å². The van der Waals surface area contributed by atoms with Crippen molar-refractivity contribution in [2.75, 3.05) is 0 Å². The summed E-state index contributed by atoms with van der Waals surface area (Å²) in [7, 11) is 0. The average Bonchev–Trinajstić information content (AvgIpc) is 2.95. The second-order valence-electron chi connectivity index (χ2n) is 5.94. The van der Waals surface area contributed by atoms with Gasteiger partial charge in [0.2, 0.25) is 11.8 Å². The van der Waals surface area contributed by atoms with Gasteiger partial charge in [-0.3, -0.25) is 9.59 Å². The van der Waals surface area contributed by atoms with Crippen molar-refractivity contribution in [3.63, 3.8) is 0 Å². The van der Waals surface area contributed by atoms with Crippen LogP contribution in [0, 0.1) is 5.92 Å². The molecule has 0 fully saturated rings. The molecule has 6 N–H and O–H groups in total. The summed E-state index contributed by atoms with van der Waals surface area (Å²) < 4.78 is 0. The third-order valence-electron chi connectivity index (χ3n) is 4.32. The highest BCUT2D eigenvalue weighted by molar-refractivity contribution is 5.90. The summed E-state index contributed by atoms with van der Waals surface area (Å²) in [6.45, 7) is 3.87. The molecule has 0 unspecified atom stereocenters. The molecule has 2 amide bonds. The number of fused-ring (bicyclic) bond motifs is 1. The lowest BCUT2D eigenvalue weighted by atomic mass is 9.98. The Labute approximate surface area is 135 Å². The van der Waals surface area contributed by atoms with Crippen LogP contribution in [0.3, 0.4) is 0 Å². The van der Waals surface area contributed by atoms with E-state index in [9.17, 15) is 9.59 Å². The van der Waals surface area contributed by atoms with Crippen molar-refractivity contribution in [3.05, 3.63) is 36.0 Å². The number of carbonyl (C=O) groups excluding carboxylic acids is 2. The number of H-pyrrole nitrogens is 1. The van der Waals surface area contributed by atoms with Crippen LogP contribution in [-0.2, 0) is 16.0 Å². The molecule has 6 nitrogen and oxygen atoms in total. The van der Waals surface area contributed by atoms with Crippen LogP contribution in [-0.4, -0.2) is 28.9 Å². The second-order valence-corrected chi connectivity index (χ2v) is 5.94. The topological polar surface area (TPSA) is 114 Å². The summed E-state index contributed by atoms with van der Waals surface area (Å²) in [6.07, 6.45) is 2.96. The van der Waals surface area contributed by atoms with Crippen molar-refractivity contribution in [1.29, 1.82) is 0 Å². The molecule has 0 aliphatic rings.